The Bertz CT molecular complexity index is 446. The molecule has 0 atom stereocenters. The highest BCUT2D eigenvalue weighted by Crippen LogP contribution is 1.97. The van der Waals surface area contributed by atoms with Gasteiger partial charge in [0.2, 0.25) is 0 Å². The standard InChI is InChI=1S/C12H20N4O4/c1-15-8-10(7-14-15)3-4-13-12(19)16(5-6-20-2)9-11(17)18/h7-8H,3-6,9H2,1-2H3,(H,13,19)(H,17,18). The predicted octanol–water partition coefficient (Wildman–Crippen LogP) is -0.295. The van der Waals surface area contributed by atoms with E-state index in [9.17, 15) is 9.59 Å². The Morgan fingerprint density at radius 2 is 2.30 bits per heavy atom. The monoisotopic (exact) mass is 284 g/mol. The van der Waals surface area contributed by atoms with Crippen molar-refractivity contribution in [2.75, 3.05) is 33.4 Å². The summed E-state index contributed by atoms with van der Waals surface area (Å²) >= 11 is 0. The zero-order valence-corrected chi connectivity index (χ0v) is 11.7. The molecule has 0 aliphatic carbocycles. The number of aryl methyl sites for hydroxylation is 1. The van der Waals surface area contributed by atoms with E-state index in [1.54, 1.807) is 10.9 Å². The van der Waals surface area contributed by atoms with Gasteiger partial charge in [-0.15, -0.1) is 0 Å². The summed E-state index contributed by atoms with van der Waals surface area (Å²) in [5, 5.41) is 15.5. The minimum atomic E-state index is -1.05. The number of hydrogen-bond donors (Lipinski definition) is 2. The Labute approximate surface area is 117 Å². The molecule has 2 amide bonds. The Morgan fingerprint density at radius 1 is 1.55 bits per heavy atom. The maximum Gasteiger partial charge on any atom is 0.323 e. The second kappa shape index (κ2) is 8.16. The molecule has 20 heavy (non-hydrogen) atoms. The fourth-order valence-corrected chi connectivity index (χ4v) is 1.64. The van der Waals surface area contributed by atoms with Gasteiger partial charge in [0.1, 0.15) is 6.54 Å². The van der Waals surface area contributed by atoms with Crippen LogP contribution >= 0.6 is 0 Å². The molecule has 2 N–H and O–H groups in total. The lowest BCUT2D eigenvalue weighted by Gasteiger charge is -2.20. The third kappa shape index (κ3) is 5.70. The van der Waals surface area contributed by atoms with E-state index < -0.39 is 12.0 Å². The van der Waals surface area contributed by atoms with Gasteiger partial charge in [-0.2, -0.15) is 5.10 Å². The number of carbonyl (C=O) groups excluding carboxylic acids is 1. The second-order valence-corrected chi connectivity index (χ2v) is 4.31. The SMILES string of the molecule is COCCN(CC(=O)O)C(=O)NCCc1cnn(C)c1. The van der Waals surface area contributed by atoms with Gasteiger partial charge in [0.05, 0.1) is 12.8 Å². The van der Waals surface area contributed by atoms with Crippen LogP contribution in [0.4, 0.5) is 4.79 Å². The zero-order valence-electron chi connectivity index (χ0n) is 11.7. The van der Waals surface area contributed by atoms with Crippen molar-refractivity contribution in [1.29, 1.82) is 0 Å². The van der Waals surface area contributed by atoms with Crippen molar-refractivity contribution < 1.29 is 19.4 Å². The van der Waals surface area contributed by atoms with Gasteiger partial charge in [0, 0.05) is 33.4 Å². The van der Waals surface area contributed by atoms with Gasteiger partial charge in [0.15, 0.2) is 0 Å². The Kier molecular flexibility index (Phi) is 6.51. The van der Waals surface area contributed by atoms with E-state index in [4.69, 9.17) is 9.84 Å². The molecule has 8 heteroatoms. The number of hydrogen-bond acceptors (Lipinski definition) is 4. The molecule has 0 aliphatic heterocycles. The number of rotatable bonds is 8. The van der Waals surface area contributed by atoms with Gasteiger partial charge in [-0.25, -0.2) is 4.79 Å². The molecular weight excluding hydrogens is 264 g/mol. The van der Waals surface area contributed by atoms with Crippen LogP contribution in [-0.2, 0) is 23.0 Å². The van der Waals surface area contributed by atoms with E-state index in [1.165, 1.54) is 12.0 Å². The molecule has 0 aliphatic rings. The predicted molar refractivity (Wildman–Crippen MR) is 71.4 cm³/mol. The normalized spacial score (nSPS) is 10.3. The molecule has 1 rings (SSSR count). The van der Waals surface area contributed by atoms with Gasteiger partial charge in [-0.1, -0.05) is 0 Å². The largest absolute Gasteiger partial charge is 0.480 e. The van der Waals surface area contributed by atoms with Gasteiger partial charge < -0.3 is 20.1 Å². The van der Waals surface area contributed by atoms with E-state index in [-0.39, 0.29) is 13.1 Å². The molecule has 8 nitrogen and oxygen atoms in total. The van der Waals surface area contributed by atoms with Crippen molar-refractivity contribution in [3.8, 4) is 0 Å². The minimum absolute atomic E-state index is 0.238. The first-order chi connectivity index (χ1) is 9.52. The fourth-order valence-electron chi connectivity index (χ4n) is 1.64. The third-order valence-corrected chi connectivity index (χ3v) is 2.63. The molecule has 0 aromatic carbocycles. The maximum atomic E-state index is 11.9. The molecule has 0 bridgehead atoms. The second-order valence-electron chi connectivity index (χ2n) is 4.31. The first kappa shape index (κ1) is 16.0. The molecule has 1 heterocycles. The highest BCUT2D eigenvalue weighted by Gasteiger charge is 2.15. The molecule has 0 fully saturated rings. The lowest BCUT2D eigenvalue weighted by atomic mass is 10.2. The lowest BCUT2D eigenvalue weighted by Crippen LogP contribution is -2.44. The van der Waals surface area contributed by atoms with Gasteiger partial charge in [-0.3, -0.25) is 9.48 Å². The molecule has 1 aromatic heterocycles. The van der Waals surface area contributed by atoms with Crippen molar-refractivity contribution in [3.63, 3.8) is 0 Å². The van der Waals surface area contributed by atoms with Crippen LogP contribution in [0.2, 0.25) is 0 Å². The van der Waals surface area contributed by atoms with Gasteiger partial charge in [0.25, 0.3) is 0 Å². The van der Waals surface area contributed by atoms with Crippen molar-refractivity contribution in [3.05, 3.63) is 18.0 Å². The van der Waals surface area contributed by atoms with E-state index in [1.807, 2.05) is 13.2 Å². The number of nitrogens with one attached hydrogen (secondary N) is 1. The smallest absolute Gasteiger partial charge is 0.323 e. The summed E-state index contributed by atoms with van der Waals surface area (Å²) in [6.07, 6.45) is 4.24. The zero-order chi connectivity index (χ0) is 15.0. The average Bonchev–Trinajstić information content (AvgIpc) is 2.79. The molecule has 0 saturated carbocycles. The first-order valence-corrected chi connectivity index (χ1v) is 6.24. The summed E-state index contributed by atoms with van der Waals surface area (Å²) in [5.41, 5.74) is 1.01. The van der Waals surface area contributed by atoms with Crippen molar-refractivity contribution >= 4 is 12.0 Å². The molecule has 112 valence electrons. The number of ether oxygens (including phenoxy) is 1. The summed E-state index contributed by atoms with van der Waals surface area (Å²) in [5.74, 6) is -1.05. The van der Waals surface area contributed by atoms with Crippen LogP contribution in [0.5, 0.6) is 0 Å². The number of amides is 2. The van der Waals surface area contributed by atoms with Crippen molar-refractivity contribution in [2.24, 2.45) is 7.05 Å². The minimum Gasteiger partial charge on any atom is -0.480 e. The van der Waals surface area contributed by atoms with E-state index in [0.717, 1.165) is 5.56 Å². The Morgan fingerprint density at radius 3 is 2.85 bits per heavy atom. The summed E-state index contributed by atoms with van der Waals surface area (Å²) in [6.45, 7) is 0.612. The molecule has 0 radical (unpaired) electrons. The van der Waals surface area contributed by atoms with Crippen LogP contribution in [0.1, 0.15) is 5.56 Å². The molecule has 0 unspecified atom stereocenters. The first-order valence-electron chi connectivity index (χ1n) is 6.24. The summed E-state index contributed by atoms with van der Waals surface area (Å²) in [7, 11) is 3.32. The van der Waals surface area contributed by atoms with Crippen molar-refractivity contribution in [1.82, 2.24) is 20.0 Å². The molecule has 0 spiro atoms. The Balaban J connectivity index is 2.38. The number of carboxylic acid groups (broad SMARTS) is 1. The maximum absolute atomic E-state index is 11.9. The van der Waals surface area contributed by atoms with Crippen LogP contribution in [-0.4, -0.2) is 65.1 Å². The topological polar surface area (TPSA) is 96.7 Å². The number of nitrogens with zero attached hydrogens (tertiary/aromatic N) is 3. The Hall–Kier alpha value is -2.09. The number of aliphatic carboxylic acids is 1. The average molecular weight is 284 g/mol. The number of methoxy groups -OCH3 is 1. The number of aromatic nitrogens is 2. The van der Waals surface area contributed by atoms with Gasteiger partial charge in [-0.05, 0) is 12.0 Å². The lowest BCUT2D eigenvalue weighted by molar-refractivity contribution is -0.137. The molecule has 0 saturated heterocycles. The summed E-state index contributed by atoms with van der Waals surface area (Å²) in [4.78, 5) is 23.8. The van der Waals surface area contributed by atoms with Crippen LogP contribution in [0.3, 0.4) is 0 Å². The van der Waals surface area contributed by atoms with E-state index in [2.05, 4.69) is 10.4 Å². The highest BCUT2D eigenvalue weighted by atomic mass is 16.5. The van der Waals surface area contributed by atoms with Crippen LogP contribution in [0.15, 0.2) is 12.4 Å². The quantitative estimate of drug-likeness (QED) is 0.683. The van der Waals surface area contributed by atoms with Crippen molar-refractivity contribution in [2.45, 2.75) is 6.42 Å². The number of urea groups is 1. The summed E-state index contributed by atoms with van der Waals surface area (Å²) in [6, 6.07) is -0.409. The molecule has 1 aromatic rings. The highest BCUT2D eigenvalue weighted by molar-refractivity contribution is 5.80. The van der Waals surface area contributed by atoms with Crippen LogP contribution < -0.4 is 5.32 Å². The number of carboxylic acids is 1. The fraction of sp³-hybridized carbons (Fsp3) is 0.583. The van der Waals surface area contributed by atoms with Gasteiger partial charge >= 0.3 is 12.0 Å². The van der Waals surface area contributed by atoms with Crippen LogP contribution in [0.25, 0.3) is 0 Å². The third-order valence-electron chi connectivity index (χ3n) is 2.63. The van der Waals surface area contributed by atoms with Crippen LogP contribution in [0, 0.1) is 0 Å². The number of carbonyl (C=O) groups is 2. The summed E-state index contributed by atoms with van der Waals surface area (Å²) < 4.78 is 6.54. The van der Waals surface area contributed by atoms with E-state index >= 15 is 0 Å². The molecular formula is C12H20N4O4. The van der Waals surface area contributed by atoms with E-state index in [0.29, 0.717) is 19.6 Å².